The Morgan fingerprint density at radius 3 is 2.26 bits per heavy atom. The number of ether oxygens (including phenoxy) is 1. The van der Waals surface area contributed by atoms with Crippen LogP contribution in [0.15, 0.2) is 66.7 Å². The molecule has 200 valence electrons. The summed E-state index contributed by atoms with van der Waals surface area (Å²) >= 11 is 0. The Morgan fingerprint density at radius 2 is 1.58 bits per heavy atom. The molecule has 0 aromatic heterocycles. The van der Waals surface area contributed by atoms with Gasteiger partial charge < -0.3 is 4.74 Å². The van der Waals surface area contributed by atoms with Crippen LogP contribution < -0.4 is 0 Å². The van der Waals surface area contributed by atoms with Gasteiger partial charge in [0.05, 0.1) is 6.10 Å². The summed E-state index contributed by atoms with van der Waals surface area (Å²) in [5.74, 6) is 3.34. The van der Waals surface area contributed by atoms with Crippen LogP contribution in [0.2, 0.25) is 0 Å². The van der Waals surface area contributed by atoms with Crippen LogP contribution in [0.4, 0.5) is 0 Å². The molecule has 1 spiro atoms. The van der Waals surface area contributed by atoms with Gasteiger partial charge in [0.15, 0.2) is 5.78 Å². The highest BCUT2D eigenvalue weighted by Gasteiger charge is 2.74. The number of benzene rings is 2. The zero-order valence-corrected chi connectivity index (χ0v) is 23.5. The molecule has 38 heavy (non-hydrogen) atoms. The van der Waals surface area contributed by atoms with E-state index in [0.29, 0.717) is 41.5 Å². The summed E-state index contributed by atoms with van der Waals surface area (Å²) < 4.78 is 6.93. The first-order chi connectivity index (χ1) is 18.4. The molecule has 2 aromatic rings. The first kappa shape index (κ1) is 24.8. The van der Waals surface area contributed by atoms with Crippen molar-refractivity contribution in [3.63, 3.8) is 0 Å². The van der Waals surface area contributed by atoms with Crippen LogP contribution in [0.3, 0.4) is 0 Å². The Kier molecular flexibility index (Phi) is 5.82. The lowest BCUT2D eigenvalue weighted by molar-refractivity contribution is -0.307. The normalized spacial score (nSPS) is 41.8. The zero-order chi connectivity index (χ0) is 26.1. The Bertz CT molecular complexity index is 1190. The second-order valence-electron chi connectivity index (χ2n) is 14.0. The van der Waals surface area contributed by atoms with Gasteiger partial charge in [-0.25, -0.2) is 0 Å². The summed E-state index contributed by atoms with van der Waals surface area (Å²) in [6, 6.07) is 21.6. The monoisotopic (exact) mass is 508 g/mol. The molecule has 4 aliphatic carbocycles. The Balaban J connectivity index is 1.17. The van der Waals surface area contributed by atoms with Crippen LogP contribution in [0.1, 0.15) is 89.7 Å². The quantitative estimate of drug-likeness (QED) is 0.405. The molecule has 0 N–H and O–H groups in total. The molecule has 6 fully saturated rings. The molecule has 2 saturated heterocycles. The third-order valence-electron chi connectivity index (χ3n) is 12.5. The summed E-state index contributed by atoms with van der Waals surface area (Å²) in [4.78, 5) is 14.4. The number of carbonyl (C=O) groups excluding carboxylic acids is 1. The van der Waals surface area contributed by atoms with Crippen molar-refractivity contribution < 1.29 is 9.53 Å². The molecule has 0 radical (unpaired) electrons. The third-order valence-corrected chi connectivity index (χ3v) is 12.5. The zero-order valence-electron chi connectivity index (χ0n) is 23.5. The van der Waals surface area contributed by atoms with E-state index in [1.807, 2.05) is 0 Å². The van der Waals surface area contributed by atoms with Gasteiger partial charge in [-0.3, -0.25) is 4.79 Å². The summed E-state index contributed by atoms with van der Waals surface area (Å²) in [6.45, 7) is 7.38. The number of Topliss-reactive ketones (excluding diaryl/α,β-unsaturated/α-hetero) is 1. The van der Waals surface area contributed by atoms with E-state index in [1.54, 1.807) is 0 Å². The van der Waals surface area contributed by atoms with Crippen LogP contribution in [0.25, 0.3) is 5.57 Å². The van der Waals surface area contributed by atoms with E-state index < -0.39 is 5.60 Å². The molecular formula is C36H44O2. The minimum Gasteiger partial charge on any atom is -0.363 e. The van der Waals surface area contributed by atoms with Gasteiger partial charge in [-0.05, 0) is 103 Å². The number of allylic oxidation sites excluding steroid dienone is 1. The molecule has 2 aromatic carbocycles. The highest BCUT2D eigenvalue weighted by atomic mass is 16.5. The van der Waals surface area contributed by atoms with Gasteiger partial charge in [0.25, 0.3) is 0 Å². The van der Waals surface area contributed by atoms with Gasteiger partial charge in [0, 0.05) is 11.8 Å². The highest BCUT2D eigenvalue weighted by molar-refractivity contribution is 5.91. The van der Waals surface area contributed by atoms with Crippen LogP contribution in [0.5, 0.6) is 0 Å². The standard InChI is InChI=1S/C36H44O2/c1-24(14-16-29(25-10-6-4-7-11-25)26-12-8-5-9-13-26)30-18-19-31-32-17-15-27-22-28-20-21-35(27,3)36(32,38-28)33(37)23-34(30,31)2/h4-13,16,24,27-28,30-32H,14-15,17-23H2,1-3H3/t24-,27+,28-,30+,31-,32+,34-,35+,36+/m1/s1. The van der Waals surface area contributed by atoms with Crippen molar-refractivity contribution in [2.24, 2.45) is 40.4 Å². The maximum atomic E-state index is 14.4. The van der Waals surface area contributed by atoms with Crippen molar-refractivity contribution in [1.29, 1.82) is 0 Å². The Hall–Kier alpha value is -2.19. The smallest absolute Gasteiger partial charge is 0.166 e. The Morgan fingerprint density at radius 1 is 0.921 bits per heavy atom. The van der Waals surface area contributed by atoms with Crippen molar-refractivity contribution in [2.45, 2.75) is 90.3 Å². The van der Waals surface area contributed by atoms with E-state index in [4.69, 9.17) is 4.74 Å². The van der Waals surface area contributed by atoms with Crippen LogP contribution in [-0.2, 0) is 9.53 Å². The summed E-state index contributed by atoms with van der Waals surface area (Å²) in [5, 5.41) is 0. The van der Waals surface area contributed by atoms with Crippen molar-refractivity contribution in [1.82, 2.24) is 0 Å². The molecule has 2 aliphatic heterocycles. The molecule has 0 amide bonds. The highest BCUT2D eigenvalue weighted by Crippen LogP contribution is 2.72. The fourth-order valence-corrected chi connectivity index (χ4v) is 10.7. The van der Waals surface area contributed by atoms with Crippen molar-refractivity contribution in [3.05, 3.63) is 77.9 Å². The largest absolute Gasteiger partial charge is 0.363 e. The number of fused-ring (bicyclic) bond motifs is 3. The molecule has 4 saturated carbocycles. The van der Waals surface area contributed by atoms with Crippen molar-refractivity contribution in [2.75, 3.05) is 0 Å². The maximum absolute atomic E-state index is 14.4. The number of carbonyl (C=O) groups is 1. The van der Waals surface area contributed by atoms with E-state index in [2.05, 4.69) is 87.5 Å². The lowest BCUT2D eigenvalue weighted by atomic mass is 9.40. The SMILES string of the molecule is C[C@H](CC=C(c1ccccc1)c1ccccc1)[C@@H]1CC[C@@H]2[C@@H]3CC[C@H]4C[C@H]5CC[C@]4(C)[C@@]3(O5)C(=O)C[C@@]21C. The fourth-order valence-electron chi connectivity index (χ4n) is 10.7. The minimum atomic E-state index is -0.479. The van der Waals surface area contributed by atoms with Gasteiger partial charge >= 0.3 is 0 Å². The van der Waals surface area contributed by atoms with E-state index in [9.17, 15) is 4.79 Å². The first-order valence-electron chi connectivity index (χ1n) is 15.4. The van der Waals surface area contributed by atoms with Gasteiger partial charge in [-0.2, -0.15) is 0 Å². The predicted octanol–water partition coefficient (Wildman–Crippen LogP) is 8.50. The van der Waals surface area contributed by atoms with Crippen LogP contribution in [0, 0.1) is 40.4 Å². The average molecular weight is 509 g/mol. The number of hydrogen-bond acceptors (Lipinski definition) is 2. The van der Waals surface area contributed by atoms with Gasteiger partial charge in [0.1, 0.15) is 5.60 Å². The van der Waals surface area contributed by atoms with Crippen LogP contribution >= 0.6 is 0 Å². The first-order valence-corrected chi connectivity index (χ1v) is 15.4. The van der Waals surface area contributed by atoms with E-state index in [0.717, 1.165) is 19.3 Å². The average Bonchev–Trinajstić information content (AvgIpc) is 3.26. The summed E-state index contributed by atoms with van der Waals surface area (Å²) in [6.07, 6.45) is 13.2. The lowest BCUT2D eigenvalue weighted by Gasteiger charge is -2.70. The van der Waals surface area contributed by atoms with Crippen LogP contribution in [-0.4, -0.2) is 17.5 Å². The molecule has 8 rings (SSSR count). The van der Waals surface area contributed by atoms with Gasteiger partial charge in [0.2, 0.25) is 0 Å². The lowest BCUT2D eigenvalue weighted by Crippen LogP contribution is -2.75. The topological polar surface area (TPSA) is 26.3 Å². The summed E-state index contributed by atoms with van der Waals surface area (Å²) in [7, 11) is 0. The molecule has 2 nitrogen and oxygen atoms in total. The maximum Gasteiger partial charge on any atom is 0.166 e. The number of ketones is 1. The fraction of sp³-hybridized carbons (Fsp3) is 0.583. The van der Waals surface area contributed by atoms with E-state index in [1.165, 1.54) is 55.2 Å². The van der Waals surface area contributed by atoms with E-state index >= 15 is 0 Å². The molecular weight excluding hydrogens is 464 g/mol. The van der Waals surface area contributed by atoms with E-state index in [-0.39, 0.29) is 10.8 Å². The minimum absolute atomic E-state index is 0.0653. The summed E-state index contributed by atoms with van der Waals surface area (Å²) in [5.41, 5.74) is 3.58. The molecule has 6 aliphatic rings. The second-order valence-corrected chi connectivity index (χ2v) is 14.0. The predicted molar refractivity (Wildman–Crippen MR) is 153 cm³/mol. The third kappa shape index (κ3) is 3.38. The van der Waals surface area contributed by atoms with Gasteiger partial charge in [-0.15, -0.1) is 0 Å². The van der Waals surface area contributed by atoms with Crippen molar-refractivity contribution >= 4 is 11.4 Å². The molecule has 2 heteroatoms. The number of rotatable bonds is 5. The molecule has 9 atom stereocenters. The van der Waals surface area contributed by atoms with Crippen molar-refractivity contribution in [3.8, 4) is 0 Å². The number of hydrogen-bond donors (Lipinski definition) is 0. The molecule has 2 heterocycles. The second kappa shape index (κ2) is 8.91. The van der Waals surface area contributed by atoms with Gasteiger partial charge in [-0.1, -0.05) is 87.5 Å². The molecule has 0 unspecified atom stereocenters. The molecule has 4 bridgehead atoms. The Labute approximate surface area is 229 Å².